The molecule has 5 heteroatoms. The molecule has 0 radical (unpaired) electrons. The highest BCUT2D eigenvalue weighted by Crippen LogP contribution is 2.15. The quantitative estimate of drug-likeness (QED) is 0.448. The van der Waals surface area contributed by atoms with Gasteiger partial charge in [-0.2, -0.15) is 0 Å². The lowest BCUT2D eigenvalue weighted by Gasteiger charge is -2.01. The van der Waals surface area contributed by atoms with Gasteiger partial charge >= 0.3 is 5.97 Å². The van der Waals surface area contributed by atoms with E-state index in [0.717, 1.165) is 0 Å². The average molecular weight is 149 g/mol. The Morgan fingerprint density at radius 3 is 2.67 bits per heavy atom. The van der Waals surface area contributed by atoms with Crippen molar-refractivity contribution in [3.8, 4) is 0 Å². The zero-order valence-corrected chi connectivity index (χ0v) is 5.39. The van der Waals surface area contributed by atoms with E-state index in [2.05, 4.69) is 5.32 Å². The van der Waals surface area contributed by atoms with Gasteiger partial charge in [0.15, 0.2) is 5.56 Å². The molecule has 0 spiro atoms. The summed E-state index contributed by atoms with van der Waals surface area (Å²) in [5.41, 5.74) is -0.703. The molecule has 1 saturated heterocycles. The first-order valence-electron chi connectivity index (χ1n) is 2.48. The number of nitrogens with one attached hydrogen (secondary N) is 1. The second-order valence-electron chi connectivity index (χ2n) is 1.74. The molecule has 1 aliphatic heterocycles. The van der Waals surface area contributed by atoms with Crippen LogP contribution in [0.1, 0.15) is 0 Å². The first-order valence-corrected chi connectivity index (χ1v) is 3.53. The van der Waals surface area contributed by atoms with Gasteiger partial charge in [0.1, 0.15) is 6.04 Å². The van der Waals surface area contributed by atoms with E-state index in [1.165, 1.54) is 11.8 Å². The van der Waals surface area contributed by atoms with E-state index in [4.69, 9.17) is 10.2 Å². The number of hydrogen-bond donors (Lipinski definition) is 3. The molecule has 1 rings (SSSR count). The Bertz CT molecular complexity index is 129. The number of carboxylic acids is 1. The van der Waals surface area contributed by atoms with Crippen LogP contribution in [-0.2, 0) is 4.79 Å². The largest absolute Gasteiger partial charge is 0.480 e. The third-order valence-corrected chi connectivity index (χ3v) is 2.04. The highest BCUT2D eigenvalue weighted by molar-refractivity contribution is 8.00. The van der Waals surface area contributed by atoms with Gasteiger partial charge in [0, 0.05) is 5.75 Å². The summed E-state index contributed by atoms with van der Waals surface area (Å²) in [7, 11) is 0. The minimum absolute atomic E-state index is 0.441. The topological polar surface area (TPSA) is 69.6 Å². The van der Waals surface area contributed by atoms with Crippen molar-refractivity contribution in [2.45, 2.75) is 11.6 Å². The zero-order chi connectivity index (χ0) is 6.85. The molecule has 9 heavy (non-hydrogen) atoms. The van der Waals surface area contributed by atoms with Crippen LogP contribution >= 0.6 is 11.8 Å². The van der Waals surface area contributed by atoms with Crippen LogP contribution in [0.5, 0.6) is 0 Å². The fourth-order valence-corrected chi connectivity index (χ4v) is 1.47. The van der Waals surface area contributed by atoms with Gasteiger partial charge in [-0.15, -0.1) is 11.8 Å². The number of hydrogen-bond acceptors (Lipinski definition) is 4. The highest BCUT2D eigenvalue weighted by atomic mass is 32.2. The maximum atomic E-state index is 10.2. The summed E-state index contributed by atoms with van der Waals surface area (Å²) in [5, 5.41) is 19.6. The van der Waals surface area contributed by atoms with Crippen LogP contribution in [0.4, 0.5) is 0 Å². The molecular formula is C4H7NO3S. The van der Waals surface area contributed by atoms with Gasteiger partial charge in [-0.1, -0.05) is 0 Å². The summed E-state index contributed by atoms with van der Waals surface area (Å²) in [4.78, 5) is 10.2. The molecule has 0 amide bonds. The van der Waals surface area contributed by atoms with Crippen LogP contribution in [0.15, 0.2) is 0 Å². The number of carboxylic acid groups (broad SMARTS) is 1. The minimum Gasteiger partial charge on any atom is -0.480 e. The number of thioether (sulfide) groups is 1. The van der Waals surface area contributed by atoms with Crippen molar-refractivity contribution in [1.82, 2.24) is 5.32 Å². The van der Waals surface area contributed by atoms with E-state index in [1.54, 1.807) is 0 Å². The lowest BCUT2D eigenvalue weighted by molar-refractivity contribution is -0.139. The second-order valence-corrected chi connectivity index (χ2v) is 2.86. The molecule has 1 aliphatic rings. The Balaban J connectivity index is 2.39. The summed E-state index contributed by atoms with van der Waals surface area (Å²) in [6, 6.07) is -0.579. The fraction of sp³-hybridized carbons (Fsp3) is 0.750. The summed E-state index contributed by atoms with van der Waals surface area (Å²) >= 11 is 1.20. The lowest BCUT2D eigenvalue weighted by Crippen LogP contribution is -2.36. The second kappa shape index (κ2) is 2.55. The molecule has 0 aliphatic carbocycles. The number of aliphatic hydroxyl groups excluding tert-OH is 1. The van der Waals surface area contributed by atoms with Gasteiger partial charge in [-0.25, -0.2) is 0 Å². The molecule has 0 aromatic carbocycles. The summed E-state index contributed by atoms with van der Waals surface area (Å²) < 4.78 is 0. The number of rotatable bonds is 1. The van der Waals surface area contributed by atoms with E-state index in [1.807, 2.05) is 0 Å². The van der Waals surface area contributed by atoms with Crippen LogP contribution < -0.4 is 5.32 Å². The van der Waals surface area contributed by atoms with E-state index in [9.17, 15) is 4.79 Å². The van der Waals surface area contributed by atoms with Gasteiger partial charge < -0.3 is 10.2 Å². The van der Waals surface area contributed by atoms with Crippen molar-refractivity contribution >= 4 is 17.7 Å². The van der Waals surface area contributed by atoms with Crippen molar-refractivity contribution in [2.75, 3.05) is 5.75 Å². The number of aliphatic carboxylic acids is 1. The fourth-order valence-electron chi connectivity index (χ4n) is 0.598. The van der Waals surface area contributed by atoms with Gasteiger partial charge in [-0.3, -0.25) is 10.1 Å². The van der Waals surface area contributed by atoms with Gasteiger partial charge in [0.25, 0.3) is 0 Å². The molecular weight excluding hydrogens is 142 g/mol. The molecule has 0 aromatic heterocycles. The Morgan fingerprint density at radius 2 is 2.44 bits per heavy atom. The molecule has 0 aromatic rings. The van der Waals surface area contributed by atoms with E-state index in [0.29, 0.717) is 5.75 Å². The maximum Gasteiger partial charge on any atom is 0.321 e. The smallest absolute Gasteiger partial charge is 0.321 e. The monoisotopic (exact) mass is 149 g/mol. The van der Waals surface area contributed by atoms with Crippen molar-refractivity contribution in [3.63, 3.8) is 0 Å². The molecule has 2 unspecified atom stereocenters. The van der Waals surface area contributed by atoms with Crippen LogP contribution in [0.3, 0.4) is 0 Å². The normalized spacial score (nSPS) is 34.8. The summed E-state index contributed by atoms with van der Waals surface area (Å²) in [5.74, 6) is -0.463. The van der Waals surface area contributed by atoms with Crippen molar-refractivity contribution in [3.05, 3.63) is 0 Å². The van der Waals surface area contributed by atoms with Crippen LogP contribution in [-0.4, -0.2) is 33.5 Å². The molecule has 0 bridgehead atoms. The Kier molecular flexibility index (Phi) is 1.94. The number of carbonyl (C=O) groups is 1. The average Bonchev–Trinajstić information content (AvgIpc) is 2.14. The Morgan fingerprint density at radius 1 is 1.78 bits per heavy atom. The maximum absolute atomic E-state index is 10.2. The third kappa shape index (κ3) is 1.57. The molecule has 0 saturated carbocycles. The van der Waals surface area contributed by atoms with Crippen LogP contribution in [0, 0.1) is 0 Å². The van der Waals surface area contributed by atoms with Crippen molar-refractivity contribution < 1.29 is 15.0 Å². The summed E-state index contributed by atoms with van der Waals surface area (Å²) in [6.07, 6.45) is 0. The van der Waals surface area contributed by atoms with Gasteiger partial charge in [0.05, 0.1) is 0 Å². The van der Waals surface area contributed by atoms with Crippen molar-refractivity contribution in [2.24, 2.45) is 0 Å². The molecule has 1 fully saturated rings. The molecule has 4 nitrogen and oxygen atoms in total. The van der Waals surface area contributed by atoms with E-state index in [-0.39, 0.29) is 0 Å². The van der Waals surface area contributed by atoms with Crippen LogP contribution in [0.25, 0.3) is 0 Å². The first-order chi connectivity index (χ1) is 4.20. The van der Waals surface area contributed by atoms with Gasteiger partial charge in [-0.05, 0) is 0 Å². The lowest BCUT2D eigenvalue weighted by atomic mass is 10.4. The first kappa shape index (κ1) is 6.85. The highest BCUT2D eigenvalue weighted by Gasteiger charge is 2.27. The molecule has 52 valence electrons. The van der Waals surface area contributed by atoms with E-state index < -0.39 is 17.6 Å². The number of aliphatic hydroxyl groups is 1. The van der Waals surface area contributed by atoms with Gasteiger partial charge in [0.2, 0.25) is 0 Å². The SMILES string of the molecule is O=C(O)C1CSC(O)N1. The van der Waals surface area contributed by atoms with Crippen LogP contribution in [0.2, 0.25) is 0 Å². The molecule has 3 N–H and O–H groups in total. The Hall–Kier alpha value is -0.260. The predicted molar refractivity (Wildman–Crippen MR) is 33.0 cm³/mol. The zero-order valence-electron chi connectivity index (χ0n) is 4.57. The standard InChI is InChI=1S/C4H7NO3S/c6-3(7)2-1-9-4(8)5-2/h2,4-5,8H,1H2,(H,6,7). The van der Waals surface area contributed by atoms with E-state index >= 15 is 0 Å². The minimum atomic E-state index is -0.904. The predicted octanol–water partition coefficient (Wildman–Crippen LogP) is -0.948. The Labute approximate surface area is 56.3 Å². The van der Waals surface area contributed by atoms with Crippen molar-refractivity contribution in [1.29, 1.82) is 0 Å². The molecule has 1 heterocycles. The summed E-state index contributed by atoms with van der Waals surface area (Å²) in [6.45, 7) is 0. The third-order valence-electron chi connectivity index (χ3n) is 1.06. The molecule has 2 atom stereocenters.